The van der Waals surface area contributed by atoms with Crippen LogP contribution in [-0.4, -0.2) is 45.6 Å². The monoisotopic (exact) mass is 411 g/mol. The van der Waals surface area contributed by atoms with Gasteiger partial charge in [0.15, 0.2) is 0 Å². The van der Waals surface area contributed by atoms with E-state index in [-0.39, 0.29) is 105 Å². The summed E-state index contributed by atoms with van der Waals surface area (Å²) in [6.07, 6.45) is 0. The molecule has 0 rings (SSSR count). The van der Waals surface area contributed by atoms with Gasteiger partial charge in [-0.3, -0.25) is 0 Å². The molecule has 0 aliphatic rings. The quantitative estimate of drug-likeness (QED) is 0.402. The molecule has 1 radical (unpaired) electrons. The summed E-state index contributed by atoms with van der Waals surface area (Å²) < 4.78 is 8.38. The molecule has 23 valence electrons. The third-order valence-corrected chi connectivity index (χ3v) is 0. The zero-order valence-electron chi connectivity index (χ0n) is 1.69. The molecule has 5 heteroatoms. The minimum Gasteiger partial charge on any atom is 0 e. The van der Waals surface area contributed by atoms with Crippen LogP contribution in [-0.2, 0) is 21.8 Å². The van der Waals surface area contributed by atoms with E-state index in [1.54, 1.807) is 0 Å². The molecular formula is H6GaInOPrZn. The smallest absolute Gasteiger partial charge is 0 e. The molecule has 0 saturated carbocycles. The first-order chi connectivity index (χ1) is 1.00. The van der Waals surface area contributed by atoms with Crippen LogP contribution in [0, 0.1) is 41.3 Å². The average Bonchev–Trinajstić information content (AvgIpc) is 1.00. The van der Waals surface area contributed by atoms with E-state index in [1.807, 2.05) is 0 Å². The molecule has 0 fully saturated rings. The second-order valence-electron chi connectivity index (χ2n) is 0. The van der Waals surface area contributed by atoms with Gasteiger partial charge in [0, 0.05) is 41.3 Å². The largest absolute Gasteiger partial charge is 0 e. The van der Waals surface area contributed by atoms with E-state index in [1.165, 1.54) is 0 Å². The van der Waals surface area contributed by atoms with Gasteiger partial charge >= 0.3 is 67.5 Å². The Balaban J connectivity index is -0.00000000167. The second-order valence-corrected chi connectivity index (χ2v) is 0. The number of rotatable bonds is 0. The zero-order valence-corrected chi connectivity index (χ0v) is 8.36. The van der Waals surface area contributed by atoms with Crippen molar-refractivity contribution in [1.29, 1.82) is 0 Å². The molecule has 0 aliphatic heterocycles. The van der Waals surface area contributed by atoms with E-state index in [0.29, 0.717) is 0 Å². The van der Waals surface area contributed by atoms with E-state index in [0.717, 1.165) is 0 Å². The molecule has 5 heavy (non-hydrogen) atoms. The molecule has 0 aromatic rings. The predicted octanol–water partition coefficient (Wildman–Crippen LogP) is -2.49. The van der Waals surface area contributed by atoms with E-state index in [4.69, 9.17) is 3.57 Å². The van der Waals surface area contributed by atoms with Gasteiger partial charge in [-0.1, -0.05) is 0 Å². The van der Waals surface area contributed by atoms with Gasteiger partial charge in [-0.05, 0) is 0 Å². The summed E-state index contributed by atoms with van der Waals surface area (Å²) in [6, 6.07) is 0. The maximum Gasteiger partial charge on any atom is 0 e. The molecule has 0 N–H and O–H groups in total. The number of hydrogen-bond acceptors (Lipinski definition) is 1. The maximum atomic E-state index is 8.38. The van der Waals surface area contributed by atoms with Gasteiger partial charge in [0.05, 0.1) is 0 Å². The Bertz CT molecular complexity index is 11.6. The van der Waals surface area contributed by atoms with Gasteiger partial charge in [0.25, 0.3) is 0 Å². The summed E-state index contributed by atoms with van der Waals surface area (Å²) in [7, 11) is 0. The minimum atomic E-state index is 0. The molecular weight excluding hydrogens is 407 g/mol. The normalized spacial score (nSPS) is 1.20. The predicted molar refractivity (Wildman–Crippen MR) is 20.6 cm³/mol. The first-order valence-electron chi connectivity index (χ1n) is 0.289. The van der Waals surface area contributed by atoms with Gasteiger partial charge in [0.1, 0.15) is 0 Å². The summed E-state index contributed by atoms with van der Waals surface area (Å²) >= 11 is 0.125. The van der Waals surface area contributed by atoms with Gasteiger partial charge in [-0.25, -0.2) is 0 Å². The SMILES string of the molecule is [GaH3].[InH3].[O]=[Zn].[Pr]. The van der Waals surface area contributed by atoms with Crippen LogP contribution in [0.4, 0.5) is 0 Å². The molecule has 0 spiro atoms. The molecule has 0 saturated heterocycles. The van der Waals surface area contributed by atoms with Gasteiger partial charge in [-0.2, -0.15) is 0 Å². The van der Waals surface area contributed by atoms with E-state index >= 15 is 0 Å². The van der Waals surface area contributed by atoms with Crippen LogP contribution in [0.2, 0.25) is 0 Å². The van der Waals surface area contributed by atoms with Crippen LogP contribution in [0.15, 0.2) is 0 Å². The summed E-state index contributed by atoms with van der Waals surface area (Å²) in [5.41, 5.74) is 0. The van der Waals surface area contributed by atoms with E-state index < -0.39 is 0 Å². The van der Waals surface area contributed by atoms with Crippen LogP contribution >= 0.6 is 0 Å². The molecule has 0 atom stereocenters. The first-order valence-corrected chi connectivity index (χ1v) is 1.50. The average molecular weight is 413 g/mol. The molecule has 0 aliphatic carbocycles. The molecule has 0 aromatic heterocycles. The van der Waals surface area contributed by atoms with Crippen LogP contribution in [0.5, 0.6) is 0 Å². The molecule has 0 amide bonds. The van der Waals surface area contributed by atoms with Crippen molar-refractivity contribution in [1.82, 2.24) is 0 Å². The molecule has 0 aromatic carbocycles. The van der Waals surface area contributed by atoms with Crippen molar-refractivity contribution in [3.63, 3.8) is 0 Å². The maximum absolute atomic E-state index is 8.38. The minimum absolute atomic E-state index is 0. The summed E-state index contributed by atoms with van der Waals surface area (Å²) in [4.78, 5) is 0. The third kappa shape index (κ3) is 18.8. The van der Waals surface area contributed by atoms with E-state index in [2.05, 4.69) is 0 Å². The van der Waals surface area contributed by atoms with Crippen molar-refractivity contribution < 1.29 is 63.1 Å². The van der Waals surface area contributed by atoms with Crippen molar-refractivity contribution in [3.05, 3.63) is 0 Å². The summed E-state index contributed by atoms with van der Waals surface area (Å²) in [5, 5.41) is 0. The Hall–Kier alpha value is 3.29. The topological polar surface area (TPSA) is 17.1 Å². The van der Waals surface area contributed by atoms with Crippen molar-refractivity contribution in [2.75, 3.05) is 0 Å². The van der Waals surface area contributed by atoms with Crippen LogP contribution in [0.3, 0.4) is 0 Å². The second kappa shape index (κ2) is 26.6. The fourth-order valence-corrected chi connectivity index (χ4v) is 0. The van der Waals surface area contributed by atoms with Crippen molar-refractivity contribution in [3.8, 4) is 0 Å². The van der Waals surface area contributed by atoms with Crippen molar-refractivity contribution in [2.45, 2.75) is 0 Å². The van der Waals surface area contributed by atoms with Crippen LogP contribution in [0.1, 0.15) is 0 Å². The van der Waals surface area contributed by atoms with Gasteiger partial charge < -0.3 is 0 Å². The number of hydrogen-bond donors (Lipinski definition) is 0. The van der Waals surface area contributed by atoms with Gasteiger partial charge in [0.2, 0.25) is 0 Å². The van der Waals surface area contributed by atoms with Crippen LogP contribution in [0.25, 0.3) is 0 Å². The van der Waals surface area contributed by atoms with E-state index in [9.17, 15) is 0 Å². The Kier molecular flexibility index (Phi) is 127. The molecule has 0 unspecified atom stereocenters. The summed E-state index contributed by atoms with van der Waals surface area (Å²) in [6.45, 7) is 0. The molecule has 0 heterocycles. The fraction of sp³-hybridized carbons (Fsp3) is 0. The Morgan fingerprint density at radius 1 is 1.20 bits per heavy atom. The summed E-state index contributed by atoms with van der Waals surface area (Å²) in [5.74, 6) is 0. The van der Waals surface area contributed by atoms with Crippen LogP contribution < -0.4 is 0 Å². The molecule has 1 nitrogen and oxygen atoms in total. The fourth-order valence-electron chi connectivity index (χ4n) is 0. The Morgan fingerprint density at radius 2 is 1.20 bits per heavy atom. The van der Waals surface area contributed by atoms with Crippen molar-refractivity contribution in [2.24, 2.45) is 0 Å². The van der Waals surface area contributed by atoms with Crippen molar-refractivity contribution >= 4 is 45.6 Å². The zero-order chi connectivity index (χ0) is 2.00. The third-order valence-electron chi connectivity index (χ3n) is 0. The molecule has 0 bridgehead atoms. The Morgan fingerprint density at radius 3 is 1.20 bits per heavy atom. The Labute approximate surface area is 106 Å². The van der Waals surface area contributed by atoms with Gasteiger partial charge in [-0.15, -0.1) is 0 Å². The first kappa shape index (κ1) is 23.9. The standard InChI is InChI=1S/Ga.In.O.Pr.Zn.6H.